The average Bonchev–Trinajstić information content (AvgIpc) is 2.27. The SMILES string of the molecule is Cl.O=C(NCCCOC1CCCCC1)C1CNC1. The quantitative estimate of drug-likeness (QED) is 0.723. The number of nitrogens with one attached hydrogen (secondary N) is 2. The lowest BCUT2D eigenvalue weighted by Gasteiger charge is -2.26. The van der Waals surface area contributed by atoms with Crippen molar-refractivity contribution in [3.8, 4) is 0 Å². The standard InChI is InChI=1S/C13H24N2O2.ClH/c16-13(11-9-14-10-11)15-7-4-8-17-12-5-2-1-3-6-12;/h11-12,14H,1-10H2,(H,15,16);1H. The minimum atomic E-state index is 0. The summed E-state index contributed by atoms with van der Waals surface area (Å²) in [4.78, 5) is 11.5. The topological polar surface area (TPSA) is 50.4 Å². The van der Waals surface area contributed by atoms with Gasteiger partial charge >= 0.3 is 0 Å². The zero-order valence-corrected chi connectivity index (χ0v) is 11.8. The van der Waals surface area contributed by atoms with Crippen LogP contribution in [-0.2, 0) is 9.53 Å². The van der Waals surface area contributed by atoms with Crippen molar-refractivity contribution in [2.24, 2.45) is 5.92 Å². The highest BCUT2D eigenvalue weighted by Gasteiger charge is 2.24. The highest BCUT2D eigenvalue weighted by Crippen LogP contribution is 2.20. The Kier molecular flexibility index (Phi) is 7.63. The van der Waals surface area contributed by atoms with Crippen LogP contribution in [0.4, 0.5) is 0 Å². The minimum Gasteiger partial charge on any atom is -0.378 e. The Morgan fingerprint density at radius 1 is 1.22 bits per heavy atom. The van der Waals surface area contributed by atoms with Crippen LogP contribution in [0.25, 0.3) is 0 Å². The van der Waals surface area contributed by atoms with Crippen LogP contribution in [0, 0.1) is 5.92 Å². The van der Waals surface area contributed by atoms with Crippen LogP contribution in [0.1, 0.15) is 38.5 Å². The van der Waals surface area contributed by atoms with Gasteiger partial charge in [-0.3, -0.25) is 4.79 Å². The first-order chi connectivity index (χ1) is 8.36. The Labute approximate surface area is 116 Å². The largest absolute Gasteiger partial charge is 0.378 e. The van der Waals surface area contributed by atoms with E-state index >= 15 is 0 Å². The molecule has 0 spiro atoms. The van der Waals surface area contributed by atoms with Gasteiger partial charge in [0.2, 0.25) is 5.91 Å². The van der Waals surface area contributed by atoms with Crippen molar-refractivity contribution in [2.45, 2.75) is 44.6 Å². The van der Waals surface area contributed by atoms with Gasteiger partial charge in [0.15, 0.2) is 0 Å². The molecule has 5 heteroatoms. The molecule has 1 heterocycles. The van der Waals surface area contributed by atoms with E-state index in [1.165, 1.54) is 32.1 Å². The van der Waals surface area contributed by atoms with Gasteiger partial charge in [0.25, 0.3) is 0 Å². The lowest BCUT2D eigenvalue weighted by molar-refractivity contribution is -0.126. The van der Waals surface area contributed by atoms with Gasteiger partial charge in [-0.2, -0.15) is 0 Å². The second-order valence-electron chi connectivity index (χ2n) is 5.13. The third kappa shape index (κ3) is 5.12. The first-order valence-corrected chi connectivity index (χ1v) is 6.96. The van der Waals surface area contributed by atoms with E-state index in [4.69, 9.17) is 4.74 Å². The van der Waals surface area contributed by atoms with Crippen molar-refractivity contribution < 1.29 is 9.53 Å². The zero-order chi connectivity index (χ0) is 11.9. The summed E-state index contributed by atoms with van der Waals surface area (Å²) >= 11 is 0. The first-order valence-electron chi connectivity index (χ1n) is 6.96. The molecule has 0 bridgehead atoms. The summed E-state index contributed by atoms with van der Waals surface area (Å²) in [7, 11) is 0. The molecule has 1 saturated heterocycles. The molecular formula is C13H25ClN2O2. The summed E-state index contributed by atoms with van der Waals surface area (Å²) in [6.07, 6.45) is 7.86. The fourth-order valence-electron chi connectivity index (χ4n) is 2.38. The molecule has 2 rings (SSSR count). The average molecular weight is 277 g/mol. The summed E-state index contributed by atoms with van der Waals surface area (Å²) in [6.45, 7) is 3.21. The van der Waals surface area contributed by atoms with Crippen molar-refractivity contribution in [3.05, 3.63) is 0 Å². The number of hydrogen-bond donors (Lipinski definition) is 2. The van der Waals surface area contributed by atoms with Crippen LogP contribution in [0.2, 0.25) is 0 Å². The second kappa shape index (κ2) is 8.73. The van der Waals surface area contributed by atoms with E-state index in [0.29, 0.717) is 6.10 Å². The molecule has 1 aliphatic heterocycles. The van der Waals surface area contributed by atoms with Gasteiger partial charge < -0.3 is 15.4 Å². The van der Waals surface area contributed by atoms with Crippen LogP contribution < -0.4 is 10.6 Å². The Hall–Kier alpha value is -0.320. The second-order valence-corrected chi connectivity index (χ2v) is 5.13. The van der Waals surface area contributed by atoms with Gasteiger partial charge in [-0.15, -0.1) is 12.4 Å². The minimum absolute atomic E-state index is 0. The molecule has 0 atom stereocenters. The van der Waals surface area contributed by atoms with Crippen LogP contribution in [-0.4, -0.2) is 38.3 Å². The van der Waals surface area contributed by atoms with E-state index in [9.17, 15) is 4.79 Å². The van der Waals surface area contributed by atoms with E-state index in [0.717, 1.165) is 32.7 Å². The van der Waals surface area contributed by atoms with Gasteiger partial charge in [0.1, 0.15) is 0 Å². The fourth-order valence-corrected chi connectivity index (χ4v) is 2.38. The van der Waals surface area contributed by atoms with Crippen LogP contribution in [0.15, 0.2) is 0 Å². The fraction of sp³-hybridized carbons (Fsp3) is 0.923. The monoisotopic (exact) mass is 276 g/mol. The van der Waals surface area contributed by atoms with Crippen LogP contribution in [0.5, 0.6) is 0 Å². The maximum Gasteiger partial charge on any atom is 0.225 e. The third-order valence-electron chi connectivity index (χ3n) is 3.68. The van der Waals surface area contributed by atoms with Crippen molar-refractivity contribution in [1.82, 2.24) is 10.6 Å². The van der Waals surface area contributed by atoms with E-state index in [1.807, 2.05) is 0 Å². The molecule has 0 aromatic rings. The molecule has 0 aromatic heterocycles. The van der Waals surface area contributed by atoms with Gasteiger partial charge in [-0.05, 0) is 19.3 Å². The zero-order valence-electron chi connectivity index (χ0n) is 11.0. The normalized spacial score (nSPS) is 20.9. The predicted molar refractivity (Wildman–Crippen MR) is 74.1 cm³/mol. The highest BCUT2D eigenvalue weighted by atomic mass is 35.5. The molecule has 4 nitrogen and oxygen atoms in total. The molecule has 2 N–H and O–H groups in total. The predicted octanol–water partition coefficient (Wildman–Crippen LogP) is 1.48. The van der Waals surface area contributed by atoms with E-state index in [-0.39, 0.29) is 24.2 Å². The van der Waals surface area contributed by atoms with Gasteiger partial charge in [-0.25, -0.2) is 0 Å². The maximum atomic E-state index is 11.5. The van der Waals surface area contributed by atoms with Crippen molar-refractivity contribution in [3.63, 3.8) is 0 Å². The molecule has 0 radical (unpaired) electrons. The Bertz CT molecular complexity index is 241. The molecule has 2 aliphatic rings. The van der Waals surface area contributed by atoms with Crippen LogP contribution >= 0.6 is 12.4 Å². The molecular weight excluding hydrogens is 252 g/mol. The van der Waals surface area contributed by atoms with Gasteiger partial charge in [-0.1, -0.05) is 19.3 Å². The smallest absolute Gasteiger partial charge is 0.225 e. The van der Waals surface area contributed by atoms with Gasteiger partial charge in [0, 0.05) is 26.2 Å². The summed E-state index contributed by atoms with van der Waals surface area (Å²) in [6, 6.07) is 0. The number of carbonyl (C=O) groups is 1. The first kappa shape index (κ1) is 15.7. The molecule has 0 aromatic carbocycles. The molecule has 1 aliphatic carbocycles. The van der Waals surface area contributed by atoms with Crippen molar-refractivity contribution >= 4 is 18.3 Å². The van der Waals surface area contributed by atoms with E-state index in [1.54, 1.807) is 0 Å². The lowest BCUT2D eigenvalue weighted by atomic mass is 9.98. The number of hydrogen-bond acceptors (Lipinski definition) is 3. The summed E-state index contributed by atoms with van der Waals surface area (Å²) < 4.78 is 5.80. The molecule has 1 saturated carbocycles. The van der Waals surface area contributed by atoms with Crippen LogP contribution in [0.3, 0.4) is 0 Å². The molecule has 2 fully saturated rings. The Balaban J connectivity index is 0.00000162. The van der Waals surface area contributed by atoms with Crippen molar-refractivity contribution in [2.75, 3.05) is 26.2 Å². The Morgan fingerprint density at radius 2 is 1.94 bits per heavy atom. The lowest BCUT2D eigenvalue weighted by Crippen LogP contribution is -2.50. The summed E-state index contributed by atoms with van der Waals surface area (Å²) in [5, 5.41) is 6.06. The Morgan fingerprint density at radius 3 is 2.56 bits per heavy atom. The molecule has 18 heavy (non-hydrogen) atoms. The maximum absolute atomic E-state index is 11.5. The van der Waals surface area contributed by atoms with Crippen molar-refractivity contribution in [1.29, 1.82) is 0 Å². The number of rotatable bonds is 6. The molecule has 1 amide bonds. The number of ether oxygens (including phenoxy) is 1. The molecule has 106 valence electrons. The van der Waals surface area contributed by atoms with E-state index in [2.05, 4.69) is 10.6 Å². The van der Waals surface area contributed by atoms with Gasteiger partial charge in [0.05, 0.1) is 12.0 Å². The number of carbonyl (C=O) groups excluding carboxylic acids is 1. The number of halogens is 1. The summed E-state index contributed by atoms with van der Waals surface area (Å²) in [5.74, 6) is 0.399. The third-order valence-corrected chi connectivity index (χ3v) is 3.68. The number of amides is 1. The molecule has 0 unspecified atom stereocenters. The highest BCUT2D eigenvalue weighted by molar-refractivity contribution is 5.85. The van der Waals surface area contributed by atoms with E-state index < -0.39 is 0 Å². The summed E-state index contributed by atoms with van der Waals surface area (Å²) in [5.41, 5.74) is 0.